The van der Waals surface area contributed by atoms with Crippen LogP contribution < -0.4 is 0 Å². The molecule has 2 heteroatoms. The van der Waals surface area contributed by atoms with E-state index in [4.69, 9.17) is 0 Å². The molecular formula is C8H15ISi. The van der Waals surface area contributed by atoms with E-state index in [9.17, 15) is 0 Å². The zero-order chi connectivity index (χ0) is 8.41. The van der Waals surface area contributed by atoms with E-state index in [1.54, 1.807) is 0 Å². The van der Waals surface area contributed by atoms with E-state index in [-0.39, 0.29) is 0 Å². The van der Waals surface area contributed by atoms with Crippen LogP contribution >= 0.6 is 22.6 Å². The first kappa shape index (κ1) is 10.5. The number of hydrogen-bond acceptors (Lipinski definition) is 0. The molecule has 0 rings (SSSR count). The molecule has 0 radical (unpaired) electrons. The molecule has 10 heavy (non-hydrogen) atoms. The molecule has 0 aromatic rings. The topological polar surface area (TPSA) is 0 Å². The fourth-order valence-corrected chi connectivity index (χ4v) is 2.94. The lowest BCUT2D eigenvalue weighted by molar-refractivity contribution is 0.731. The zero-order valence-corrected chi connectivity index (χ0v) is 10.5. The highest BCUT2D eigenvalue weighted by atomic mass is 127. The van der Waals surface area contributed by atoms with Gasteiger partial charge in [0.15, 0.2) is 0 Å². The highest BCUT2D eigenvalue weighted by molar-refractivity contribution is 14.1. The van der Waals surface area contributed by atoms with Gasteiger partial charge in [-0.25, -0.2) is 0 Å². The molecule has 0 heterocycles. The Morgan fingerprint density at radius 2 is 1.60 bits per heavy atom. The van der Waals surface area contributed by atoms with Crippen LogP contribution in [0.5, 0.6) is 0 Å². The highest BCUT2D eigenvalue weighted by Gasteiger charge is 2.33. The van der Waals surface area contributed by atoms with E-state index < -0.39 is 8.07 Å². The third kappa shape index (κ3) is 2.63. The second kappa shape index (κ2) is 3.27. The maximum atomic E-state index is 3.34. The van der Waals surface area contributed by atoms with Crippen LogP contribution in [0.4, 0.5) is 0 Å². The minimum atomic E-state index is -1.27. The highest BCUT2D eigenvalue weighted by Crippen LogP contribution is 2.35. The van der Waals surface area contributed by atoms with Crippen molar-refractivity contribution < 1.29 is 0 Å². The van der Waals surface area contributed by atoms with Crippen molar-refractivity contribution in [1.29, 1.82) is 0 Å². The number of hydrogen-bond donors (Lipinski definition) is 0. The normalized spacial score (nSPS) is 12.2. The van der Waals surface area contributed by atoms with Gasteiger partial charge in [0.05, 0.1) is 0 Å². The lowest BCUT2D eigenvalue weighted by Crippen LogP contribution is -2.35. The van der Waals surface area contributed by atoms with Crippen molar-refractivity contribution in [3.63, 3.8) is 0 Å². The summed E-state index contributed by atoms with van der Waals surface area (Å²) >= 11 is 2.13. The Morgan fingerprint density at radius 3 is 1.70 bits per heavy atom. The van der Waals surface area contributed by atoms with Crippen LogP contribution in [0.2, 0.25) is 18.1 Å². The van der Waals surface area contributed by atoms with Crippen LogP contribution in [-0.4, -0.2) is 8.07 Å². The summed E-state index contributed by atoms with van der Waals surface area (Å²) in [7, 11) is -1.27. The van der Waals surface area contributed by atoms with Crippen LogP contribution in [0.3, 0.4) is 0 Å². The van der Waals surface area contributed by atoms with Crippen molar-refractivity contribution >= 4 is 30.7 Å². The van der Waals surface area contributed by atoms with Gasteiger partial charge < -0.3 is 0 Å². The quantitative estimate of drug-likeness (QED) is 0.358. The maximum absolute atomic E-state index is 3.34. The van der Waals surface area contributed by atoms with Gasteiger partial charge in [-0.3, -0.25) is 0 Å². The summed E-state index contributed by atoms with van der Waals surface area (Å²) < 4.78 is 3.00. The van der Waals surface area contributed by atoms with Gasteiger partial charge in [0.1, 0.15) is 8.07 Å². The van der Waals surface area contributed by atoms with Crippen LogP contribution in [0.15, 0.2) is 0 Å². The molecule has 0 atom stereocenters. The second-order valence-corrected chi connectivity index (χ2v) is 9.63. The molecule has 0 aliphatic rings. The third-order valence-electron chi connectivity index (χ3n) is 2.23. The van der Waals surface area contributed by atoms with E-state index >= 15 is 0 Å². The SMILES string of the molecule is CC(C)(C)[Si](C)(C)C#CI. The van der Waals surface area contributed by atoms with Crippen LogP contribution in [-0.2, 0) is 0 Å². The molecule has 0 aliphatic heterocycles. The lowest BCUT2D eigenvalue weighted by atomic mass is 10.2. The van der Waals surface area contributed by atoms with Crippen molar-refractivity contribution in [2.75, 3.05) is 0 Å². The Labute approximate surface area is 78.9 Å². The summed E-state index contributed by atoms with van der Waals surface area (Å²) in [5.41, 5.74) is 3.34. The zero-order valence-electron chi connectivity index (χ0n) is 7.38. The molecule has 0 saturated carbocycles. The molecule has 0 unspecified atom stereocenters. The van der Waals surface area contributed by atoms with Gasteiger partial charge in [0, 0.05) is 22.6 Å². The number of rotatable bonds is 0. The molecule has 0 nitrogen and oxygen atoms in total. The van der Waals surface area contributed by atoms with Gasteiger partial charge in [-0.1, -0.05) is 33.9 Å². The molecule has 0 bridgehead atoms. The summed E-state index contributed by atoms with van der Waals surface area (Å²) in [5.74, 6) is 0. The summed E-state index contributed by atoms with van der Waals surface area (Å²) in [5, 5.41) is 0.408. The van der Waals surface area contributed by atoms with E-state index in [2.05, 4.69) is 65.9 Å². The van der Waals surface area contributed by atoms with Gasteiger partial charge in [0.2, 0.25) is 0 Å². The molecular weight excluding hydrogens is 251 g/mol. The van der Waals surface area contributed by atoms with Gasteiger partial charge in [-0.15, -0.1) is 5.54 Å². The molecule has 0 N–H and O–H groups in total. The Bertz CT molecular complexity index is 166. The minimum Gasteiger partial charge on any atom is -0.120 e. The van der Waals surface area contributed by atoms with Crippen LogP contribution in [0.1, 0.15) is 20.8 Å². The minimum absolute atomic E-state index is 0.408. The van der Waals surface area contributed by atoms with Gasteiger partial charge in [-0.2, -0.15) is 0 Å². The number of halogens is 1. The lowest BCUT2D eigenvalue weighted by Gasteiger charge is -2.31. The van der Waals surface area contributed by atoms with E-state index in [1.807, 2.05) is 0 Å². The van der Waals surface area contributed by atoms with Crippen molar-refractivity contribution in [3.8, 4) is 9.47 Å². The predicted molar refractivity (Wildman–Crippen MR) is 59.0 cm³/mol. The average Bonchev–Trinajstić information content (AvgIpc) is 1.61. The van der Waals surface area contributed by atoms with E-state index in [1.165, 1.54) is 0 Å². The van der Waals surface area contributed by atoms with Gasteiger partial charge in [0.25, 0.3) is 0 Å². The summed E-state index contributed by atoms with van der Waals surface area (Å²) in [4.78, 5) is 0. The molecule has 0 spiro atoms. The van der Waals surface area contributed by atoms with E-state index in [0.717, 1.165) is 0 Å². The summed E-state index contributed by atoms with van der Waals surface area (Å²) in [6.45, 7) is 11.5. The summed E-state index contributed by atoms with van der Waals surface area (Å²) in [6, 6.07) is 0. The van der Waals surface area contributed by atoms with Gasteiger partial charge in [-0.05, 0) is 8.97 Å². The van der Waals surface area contributed by atoms with Crippen molar-refractivity contribution in [3.05, 3.63) is 0 Å². The first-order chi connectivity index (χ1) is 4.31. The molecule has 58 valence electrons. The molecule has 0 aliphatic carbocycles. The Morgan fingerprint density at radius 1 is 1.20 bits per heavy atom. The first-order valence-electron chi connectivity index (χ1n) is 3.44. The van der Waals surface area contributed by atoms with Crippen LogP contribution in [0.25, 0.3) is 0 Å². The molecule has 0 fully saturated rings. The predicted octanol–water partition coefficient (Wildman–Crippen LogP) is 3.43. The summed E-state index contributed by atoms with van der Waals surface area (Å²) in [6.07, 6.45) is 0. The Kier molecular flexibility index (Phi) is 3.43. The van der Waals surface area contributed by atoms with E-state index in [0.29, 0.717) is 5.04 Å². The molecule has 0 aromatic carbocycles. The standard InChI is InChI=1S/C8H15ISi/c1-8(2,3)10(4,5)7-6-9/h1-5H3. The fourth-order valence-electron chi connectivity index (χ4n) is 0.306. The van der Waals surface area contributed by atoms with Crippen molar-refractivity contribution in [2.24, 2.45) is 0 Å². The largest absolute Gasteiger partial charge is 0.138 e. The average molecular weight is 266 g/mol. The first-order valence-corrected chi connectivity index (χ1v) is 7.52. The monoisotopic (exact) mass is 266 g/mol. The second-order valence-electron chi connectivity index (χ2n) is 4.09. The smallest absolute Gasteiger partial charge is 0.120 e. The van der Waals surface area contributed by atoms with Crippen molar-refractivity contribution in [1.82, 2.24) is 0 Å². The van der Waals surface area contributed by atoms with Crippen LogP contribution in [0, 0.1) is 9.47 Å². The fraction of sp³-hybridized carbons (Fsp3) is 0.750. The Hall–Kier alpha value is 0.507. The van der Waals surface area contributed by atoms with Gasteiger partial charge >= 0.3 is 0 Å². The molecule has 0 saturated heterocycles. The maximum Gasteiger partial charge on any atom is 0.138 e. The van der Waals surface area contributed by atoms with Crippen molar-refractivity contribution in [2.45, 2.75) is 38.9 Å². The Balaban J connectivity index is 4.51. The molecule has 0 amide bonds. The third-order valence-corrected chi connectivity index (χ3v) is 7.51. The molecule has 0 aromatic heterocycles.